The molecule has 1 rings (SSSR count). The van der Waals surface area contributed by atoms with Crippen LogP contribution >= 0.6 is 0 Å². The third-order valence-corrected chi connectivity index (χ3v) is 2.34. The highest BCUT2D eigenvalue weighted by atomic mass is 19.4. The van der Waals surface area contributed by atoms with E-state index in [1.807, 2.05) is 0 Å². The van der Waals surface area contributed by atoms with E-state index < -0.39 is 17.7 Å². The number of halogens is 3. The lowest BCUT2D eigenvalue weighted by Crippen LogP contribution is -2.12. The number of alkyl halides is 3. The smallest absolute Gasteiger partial charge is 0.418 e. The van der Waals surface area contributed by atoms with Crippen molar-refractivity contribution >= 4 is 11.7 Å². The van der Waals surface area contributed by atoms with Gasteiger partial charge < -0.3 is 10.4 Å². The molecule has 0 aliphatic heterocycles. The minimum Gasteiger partial charge on any atom is -0.481 e. The number of hydrogen-bond donors (Lipinski definition) is 2. The molecule has 0 bridgehead atoms. The lowest BCUT2D eigenvalue weighted by atomic mass is 10.1. The van der Waals surface area contributed by atoms with Crippen molar-refractivity contribution in [2.75, 3.05) is 11.9 Å². The average Bonchev–Trinajstić information content (AvgIpc) is 2.33. The van der Waals surface area contributed by atoms with Gasteiger partial charge in [0.1, 0.15) is 0 Å². The summed E-state index contributed by atoms with van der Waals surface area (Å²) in [5.74, 6) is -1.00. The summed E-state index contributed by atoms with van der Waals surface area (Å²) in [6.07, 6.45) is -4.47. The van der Waals surface area contributed by atoms with Crippen molar-refractivity contribution in [2.45, 2.75) is 19.0 Å². The van der Waals surface area contributed by atoms with Crippen molar-refractivity contribution in [2.24, 2.45) is 0 Å². The molecule has 0 heterocycles. The summed E-state index contributed by atoms with van der Waals surface area (Å²) in [5, 5.41) is 19.5. The molecule has 0 atom stereocenters. The molecule has 2 N–H and O–H groups in total. The summed E-state index contributed by atoms with van der Waals surface area (Å²) < 4.78 is 38.3. The van der Waals surface area contributed by atoms with Crippen molar-refractivity contribution in [3.8, 4) is 6.07 Å². The van der Waals surface area contributed by atoms with Crippen LogP contribution < -0.4 is 5.32 Å². The third-order valence-electron chi connectivity index (χ3n) is 2.34. The van der Waals surface area contributed by atoms with E-state index in [-0.39, 0.29) is 30.6 Å². The largest absolute Gasteiger partial charge is 0.481 e. The maximum atomic E-state index is 12.8. The number of nitrogens with one attached hydrogen (secondary N) is 1. The van der Waals surface area contributed by atoms with Gasteiger partial charge >= 0.3 is 12.1 Å². The molecule has 0 fully saturated rings. The molecule has 102 valence electrons. The summed E-state index contributed by atoms with van der Waals surface area (Å²) in [6.45, 7) is 0.112. The zero-order chi connectivity index (χ0) is 14.5. The number of rotatable bonds is 5. The average molecular weight is 272 g/mol. The highest BCUT2D eigenvalue weighted by Crippen LogP contribution is 2.35. The molecular formula is C12H11F3N2O2. The normalized spacial score (nSPS) is 10.8. The second-order valence-corrected chi connectivity index (χ2v) is 3.79. The van der Waals surface area contributed by atoms with Gasteiger partial charge in [0.25, 0.3) is 0 Å². The van der Waals surface area contributed by atoms with Crippen LogP contribution in [0.3, 0.4) is 0 Å². The fourth-order valence-electron chi connectivity index (χ4n) is 1.47. The van der Waals surface area contributed by atoms with Gasteiger partial charge in [0.2, 0.25) is 0 Å². The van der Waals surface area contributed by atoms with Crippen molar-refractivity contribution in [1.82, 2.24) is 0 Å². The minimum absolute atomic E-state index is 0.0802. The highest BCUT2D eigenvalue weighted by molar-refractivity contribution is 5.66. The second-order valence-electron chi connectivity index (χ2n) is 3.79. The predicted molar refractivity (Wildman–Crippen MR) is 61.5 cm³/mol. The van der Waals surface area contributed by atoms with Crippen LogP contribution in [0.1, 0.15) is 24.0 Å². The van der Waals surface area contributed by atoms with E-state index in [1.54, 1.807) is 6.07 Å². The first-order valence-electron chi connectivity index (χ1n) is 5.41. The Kier molecular flexibility index (Phi) is 4.75. The zero-order valence-electron chi connectivity index (χ0n) is 9.79. The Morgan fingerprint density at radius 2 is 2.11 bits per heavy atom. The van der Waals surface area contributed by atoms with E-state index in [0.717, 1.165) is 6.07 Å². The number of hydrogen-bond acceptors (Lipinski definition) is 3. The Morgan fingerprint density at radius 1 is 1.42 bits per heavy atom. The van der Waals surface area contributed by atoms with E-state index >= 15 is 0 Å². The van der Waals surface area contributed by atoms with Gasteiger partial charge in [-0.1, -0.05) is 0 Å². The van der Waals surface area contributed by atoms with Gasteiger partial charge in [-0.05, 0) is 24.6 Å². The second kappa shape index (κ2) is 6.09. The molecule has 1 aromatic carbocycles. The monoisotopic (exact) mass is 272 g/mol. The minimum atomic E-state index is -4.57. The summed E-state index contributed by atoms with van der Waals surface area (Å²) in [6, 6.07) is 4.85. The van der Waals surface area contributed by atoms with E-state index in [0.29, 0.717) is 0 Å². The lowest BCUT2D eigenvalue weighted by Gasteiger charge is -2.14. The Morgan fingerprint density at radius 3 is 2.63 bits per heavy atom. The summed E-state index contributed by atoms with van der Waals surface area (Å²) >= 11 is 0. The van der Waals surface area contributed by atoms with Gasteiger partial charge in [0, 0.05) is 18.7 Å². The number of aliphatic carboxylic acids is 1. The number of nitrogens with zero attached hydrogens (tertiary/aromatic N) is 1. The maximum absolute atomic E-state index is 12.8. The number of carbonyl (C=O) groups is 1. The Balaban J connectivity index is 2.83. The van der Waals surface area contributed by atoms with Gasteiger partial charge in [-0.15, -0.1) is 0 Å². The summed E-state index contributed by atoms with van der Waals surface area (Å²) in [7, 11) is 0. The van der Waals surface area contributed by atoms with Crippen LogP contribution in [0.15, 0.2) is 18.2 Å². The van der Waals surface area contributed by atoms with Gasteiger partial charge in [0.15, 0.2) is 0 Å². The standard InChI is InChI=1S/C12H11F3N2O2/c13-12(14,15)9-6-8(7-16)3-4-10(9)17-5-1-2-11(18)19/h3-4,6,17H,1-2,5H2,(H,18,19). The molecule has 0 radical (unpaired) electrons. The summed E-state index contributed by atoms with van der Waals surface area (Å²) in [4.78, 5) is 10.3. The SMILES string of the molecule is N#Cc1ccc(NCCCC(=O)O)c(C(F)(F)F)c1. The van der Waals surface area contributed by atoms with Gasteiger partial charge in [-0.25, -0.2) is 0 Å². The van der Waals surface area contributed by atoms with E-state index in [4.69, 9.17) is 10.4 Å². The molecule has 4 nitrogen and oxygen atoms in total. The quantitative estimate of drug-likeness (QED) is 0.808. The van der Waals surface area contributed by atoms with Crippen LogP contribution in [0.4, 0.5) is 18.9 Å². The van der Waals surface area contributed by atoms with Crippen molar-refractivity contribution < 1.29 is 23.1 Å². The Hall–Kier alpha value is -2.23. The number of nitriles is 1. The fraction of sp³-hybridized carbons (Fsp3) is 0.333. The van der Waals surface area contributed by atoms with Gasteiger partial charge in [-0.2, -0.15) is 18.4 Å². The van der Waals surface area contributed by atoms with Crippen LogP contribution in [0.5, 0.6) is 0 Å². The van der Waals surface area contributed by atoms with Crippen LogP contribution in [-0.2, 0) is 11.0 Å². The first-order chi connectivity index (χ1) is 8.84. The van der Waals surface area contributed by atoms with Crippen molar-refractivity contribution in [3.05, 3.63) is 29.3 Å². The fourth-order valence-corrected chi connectivity index (χ4v) is 1.47. The van der Waals surface area contributed by atoms with Crippen LogP contribution in [0, 0.1) is 11.3 Å². The van der Waals surface area contributed by atoms with Crippen molar-refractivity contribution in [1.29, 1.82) is 5.26 Å². The summed E-state index contributed by atoms with van der Waals surface area (Å²) in [5.41, 5.74) is -1.16. The predicted octanol–water partition coefficient (Wildman–Crippen LogP) is 2.85. The molecule has 0 spiro atoms. The third kappa shape index (κ3) is 4.50. The lowest BCUT2D eigenvalue weighted by molar-refractivity contribution is -0.138. The molecule has 19 heavy (non-hydrogen) atoms. The molecular weight excluding hydrogens is 261 g/mol. The van der Waals surface area contributed by atoms with E-state index in [2.05, 4.69) is 5.32 Å². The Bertz CT molecular complexity index is 507. The van der Waals surface area contributed by atoms with Crippen LogP contribution in [0.2, 0.25) is 0 Å². The highest BCUT2D eigenvalue weighted by Gasteiger charge is 2.33. The van der Waals surface area contributed by atoms with Gasteiger partial charge in [0.05, 0.1) is 17.2 Å². The Labute approximate surface area is 107 Å². The molecule has 0 saturated carbocycles. The molecule has 0 aliphatic rings. The molecule has 0 saturated heterocycles. The number of carboxylic acid groups (broad SMARTS) is 1. The van der Waals surface area contributed by atoms with Gasteiger partial charge in [-0.3, -0.25) is 4.79 Å². The molecule has 0 amide bonds. The van der Waals surface area contributed by atoms with Crippen LogP contribution in [-0.4, -0.2) is 17.6 Å². The van der Waals surface area contributed by atoms with Crippen LogP contribution in [0.25, 0.3) is 0 Å². The molecule has 0 unspecified atom stereocenters. The molecule has 0 aromatic heterocycles. The molecule has 7 heteroatoms. The topological polar surface area (TPSA) is 73.1 Å². The first kappa shape index (κ1) is 14.8. The molecule has 1 aromatic rings. The zero-order valence-corrected chi connectivity index (χ0v) is 9.79. The van der Waals surface area contributed by atoms with E-state index in [9.17, 15) is 18.0 Å². The number of carboxylic acids is 1. The maximum Gasteiger partial charge on any atom is 0.418 e. The number of anilines is 1. The number of benzene rings is 1. The van der Waals surface area contributed by atoms with Crippen molar-refractivity contribution in [3.63, 3.8) is 0 Å². The first-order valence-corrected chi connectivity index (χ1v) is 5.41. The molecule has 0 aliphatic carbocycles. The van der Waals surface area contributed by atoms with E-state index in [1.165, 1.54) is 12.1 Å².